The highest BCUT2D eigenvalue weighted by Gasteiger charge is 2.28. The zero-order valence-corrected chi connectivity index (χ0v) is 17.0. The van der Waals surface area contributed by atoms with Crippen LogP contribution in [0.2, 0.25) is 0 Å². The molecule has 31 heavy (non-hydrogen) atoms. The number of carbonyl (C=O) groups excluding carboxylic acids is 2. The van der Waals surface area contributed by atoms with Gasteiger partial charge in [-0.3, -0.25) is 19.7 Å². The molecule has 2 aromatic carbocycles. The summed E-state index contributed by atoms with van der Waals surface area (Å²) in [6.07, 6.45) is -0.0806. The van der Waals surface area contributed by atoms with Crippen LogP contribution < -0.4 is 15.4 Å². The molecule has 164 valence electrons. The number of nitro groups is 1. The predicted octanol–water partition coefficient (Wildman–Crippen LogP) is 1.46. The third-order valence-electron chi connectivity index (χ3n) is 4.49. The molecule has 0 aliphatic rings. The Morgan fingerprint density at radius 1 is 1.06 bits per heavy atom. The number of carboxylic acid groups (broad SMARTS) is 1. The molecule has 0 spiro atoms. The standard InChI is InChI=1S/C21H23N3O7/c1-13(25)22-17(10-14-6-4-3-5-7-14)20(26)23-18(21(27)28)12-15-11-16(24(29)30)8-9-19(15)31-2/h3-9,11,17-18H,10,12H2,1-2H3,(H,22,25)(H,23,26)(H,27,28)/t17-,18+/m0/s1. The molecule has 0 heterocycles. The number of non-ortho nitro benzene ring substituents is 1. The van der Waals surface area contributed by atoms with Gasteiger partial charge in [0.05, 0.1) is 12.0 Å². The first-order valence-electron chi connectivity index (χ1n) is 9.36. The number of carboxylic acids is 1. The number of amides is 2. The summed E-state index contributed by atoms with van der Waals surface area (Å²) in [7, 11) is 1.35. The van der Waals surface area contributed by atoms with Crippen LogP contribution in [-0.4, -0.2) is 47.0 Å². The van der Waals surface area contributed by atoms with E-state index >= 15 is 0 Å². The van der Waals surface area contributed by atoms with E-state index < -0.39 is 34.8 Å². The van der Waals surface area contributed by atoms with Gasteiger partial charge >= 0.3 is 5.97 Å². The zero-order chi connectivity index (χ0) is 23.0. The van der Waals surface area contributed by atoms with Crippen LogP contribution in [0.5, 0.6) is 5.75 Å². The average molecular weight is 429 g/mol. The average Bonchev–Trinajstić information content (AvgIpc) is 2.72. The molecule has 3 N–H and O–H groups in total. The molecule has 2 amide bonds. The first-order valence-corrected chi connectivity index (χ1v) is 9.36. The van der Waals surface area contributed by atoms with Gasteiger partial charge in [0.15, 0.2) is 0 Å². The van der Waals surface area contributed by atoms with E-state index in [4.69, 9.17) is 4.74 Å². The maximum atomic E-state index is 12.8. The number of ether oxygens (including phenoxy) is 1. The van der Waals surface area contributed by atoms with Gasteiger partial charge in [0.1, 0.15) is 17.8 Å². The number of carbonyl (C=O) groups is 3. The Labute approximate surface area is 178 Å². The van der Waals surface area contributed by atoms with Crippen molar-refractivity contribution in [2.24, 2.45) is 0 Å². The monoisotopic (exact) mass is 429 g/mol. The fraction of sp³-hybridized carbons (Fsp3) is 0.286. The van der Waals surface area contributed by atoms with Crippen LogP contribution in [-0.2, 0) is 27.2 Å². The summed E-state index contributed by atoms with van der Waals surface area (Å²) in [4.78, 5) is 46.6. The highest BCUT2D eigenvalue weighted by molar-refractivity contribution is 5.90. The third kappa shape index (κ3) is 6.81. The minimum atomic E-state index is -1.39. The van der Waals surface area contributed by atoms with Crippen molar-refractivity contribution in [2.45, 2.75) is 31.8 Å². The number of nitrogens with one attached hydrogen (secondary N) is 2. The van der Waals surface area contributed by atoms with Gasteiger partial charge in [0.25, 0.3) is 5.69 Å². The minimum Gasteiger partial charge on any atom is -0.496 e. The third-order valence-corrected chi connectivity index (χ3v) is 4.49. The number of hydrogen-bond donors (Lipinski definition) is 3. The smallest absolute Gasteiger partial charge is 0.326 e. The van der Waals surface area contributed by atoms with Crippen molar-refractivity contribution in [3.05, 3.63) is 69.8 Å². The summed E-state index contributed by atoms with van der Waals surface area (Å²) in [6, 6.07) is 10.4. The quantitative estimate of drug-likeness (QED) is 0.382. The zero-order valence-electron chi connectivity index (χ0n) is 17.0. The van der Waals surface area contributed by atoms with Gasteiger partial charge < -0.3 is 20.5 Å². The molecule has 0 radical (unpaired) electrons. The van der Waals surface area contributed by atoms with Crippen molar-refractivity contribution in [1.82, 2.24) is 10.6 Å². The molecular formula is C21H23N3O7. The molecule has 10 nitrogen and oxygen atoms in total. The number of aliphatic carboxylic acids is 1. The van der Waals surface area contributed by atoms with Gasteiger partial charge in [0, 0.05) is 37.5 Å². The second-order valence-electron chi connectivity index (χ2n) is 6.80. The molecule has 2 rings (SSSR count). The van der Waals surface area contributed by atoms with Gasteiger partial charge in [-0.1, -0.05) is 30.3 Å². The van der Waals surface area contributed by atoms with E-state index in [1.54, 1.807) is 24.3 Å². The molecular weight excluding hydrogens is 406 g/mol. The summed E-state index contributed by atoms with van der Waals surface area (Å²) in [6.45, 7) is 1.26. The van der Waals surface area contributed by atoms with E-state index in [1.165, 1.54) is 32.2 Å². The second-order valence-corrected chi connectivity index (χ2v) is 6.80. The number of methoxy groups -OCH3 is 1. The van der Waals surface area contributed by atoms with Gasteiger partial charge in [-0.15, -0.1) is 0 Å². The molecule has 0 saturated carbocycles. The Morgan fingerprint density at radius 2 is 1.74 bits per heavy atom. The molecule has 2 aromatic rings. The van der Waals surface area contributed by atoms with E-state index in [2.05, 4.69) is 10.6 Å². The second kappa shape index (κ2) is 10.7. The van der Waals surface area contributed by atoms with Crippen LogP contribution in [0.4, 0.5) is 5.69 Å². The van der Waals surface area contributed by atoms with Crippen molar-refractivity contribution in [3.8, 4) is 5.75 Å². The van der Waals surface area contributed by atoms with Crippen molar-refractivity contribution < 1.29 is 29.2 Å². The van der Waals surface area contributed by atoms with Crippen molar-refractivity contribution in [2.75, 3.05) is 7.11 Å². The van der Waals surface area contributed by atoms with Crippen LogP contribution in [0, 0.1) is 10.1 Å². The molecule has 0 fully saturated rings. The lowest BCUT2D eigenvalue weighted by atomic mass is 10.0. The number of benzene rings is 2. The first-order chi connectivity index (χ1) is 14.7. The van der Waals surface area contributed by atoms with Crippen molar-refractivity contribution >= 4 is 23.5 Å². The Kier molecular flexibility index (Phi) is 8.07. The van der Waals surface area contributed by atoms with E-state index in [1.807, 2.05) is 6.07 Å². The topological polar surface area (TPSA) is 148 Å². The van der Waals surface area contributed by atoms with E-state index in [0.717, 1.165) is 5.56 Å². The fourth-order valence-electron chi connectivity index (χ4n) is 3.03. The van der Waals surface area contributed by atoms with Crippen LogP contribution in [0.1, 0.15) is 18.1 Å². The largest absolute Gasteiger partial charge is 0.496 e. The molecule has 0 aliphatic heterocycles. The van der Waals surface area contributed by atoms with E-state index in [0.29, 0.717) is 0 Å². The lowest BCUT2D eigenvalue weighted by Gasteiger charge is -2.21. The molecule has 0 saturated heterocycles. The molecule has 0 unspecified atom stereocenters. The Balaban J connectivity index is 2.23. The summed E-state index contributed by atoms with van der Waals surface area (Å²) in [5.74, 6) is -2.20. The highest BCUT2D eigenvalue weighted by Crippen LogP contribution is 2.25. The summed E-state index contributed by atoms with van der Waals surface area (Å²) < 4.78 is 5.16. The molecule has 10 heteroatoms. The van der Waals surface area contributed by atoms with E-state index in [-0.39, 0.29) is 29.8 Å². The van der Waals surface area contributed by atoms with Crippen LogP contribution in [0.25, 0.3) is 0 Å². The fourth-order valence-corrected chi connectivity index (χ4v) is 3.03. The number of hydrogen-bond acceptors (Lipinski definition) is 6. The Morgan fingerprint density at radius 3 is 2.29 bits per heavy atom. The number of nitrogens with zero attached hydrogens (tertiary/aromatic N) is 1. The van der Waals surface area contributed by atoms with E-state index in [9.17, 15) is 29.6 Å². The summed E-state index contributed by atoms with van der Waals surface area (Å²) in [5, 5.41) is 25.6. The molecule has 0 aromatic heterocycles. The SMILES string of the molecule is COc1ccc([N+](=O)[O-])cc1C[C@@H](NC(=O)[C@H](Cc1ccccc1)NC(C)=O)C(=O)O. The first kappa shape index (κ1) is 23.3. The van der Waals surface area contributed by atoms with Crippen molar-refractivity contribution in [1.29, 1.82) is 0 Å². The summed E-state index contributed by atoms with van der Waals surface area (Å²) in [5.41, 5.74) is 0.804. The lowest BCUT2D eigenvalue weighted by Crippen LogP contribution is -2.52. The van der Waals surface area contributed by atoms with Gasteiger partial charge in [-0.25, -0.2) is 4.79 Å². The maximum Gasteiger partial charge on any atom is 0.326 e. The van der Waals surface area contributed by atoms with Gasteiger partial charge in [-0.05, 0) is 11.6 Å². The van der Waals surface area contributed by atoms with Crippen LogP contribution in [0.3, 0.4) is 0 Å². The summed E-state index contributed by atoms with van der Waals surface area (Å²) >= 11 is 0. The van der Waals surface area contributed by atoms with Crippen LogP contribution >= 0.6 is 0 Å². The highest BCUT2D eigenvalue weighted by atomic mass is 16.6. The van der Waals surface area contributed by atoms with Crippen LogP contribution in [0.15, 0.2) is 48.5 Å². The number of rotatable bonds is 10. The van der Waals surface area contributed by atoms with Gasteiger partial charge in [0.2, 0.25) is 11.8 Å². The number of nitro benzene ring substituents is 1. The Bertz CT molecular complexity index is 963. The molecule has 0 bridgehead atoms. The lowest BCUT2D eigenvalue weighted by molar-refractivity contribution is -0.384. The minimum absolute atomic E-state index is 0.165. The Hall–Kier alpha value is -3.95. The van der Waals surface area contributed by atoms with Crippen molar-refractivity contribution in [3.63, 3.8) is 0 Å². The normalized spacial score (nSPS) is 12.3. The molecule has 2 atom stereocenters. The predicted molar refractivity (Wildman–Crippen MR) is 111 cm³/mol. The maximum absolute atomic E-state index is 12.8. The van der Waals surface area contributed by atoms with Gasteiger partial charge in [-0.2, -0.15) is 0 Å². The molecule has 0 aliphatic carbocycles.